The standard InChI is InChI=1S/C26H25O2Si.2CH3.2ClH.Si.Zr/c1-27-25-22-13-8-7-12-20(22)24(26(25)28-29(2,3)4)21-15-9-14-19-18-11-6-5-10-17(18)16-23(19)21;;;;;;/h5-16,24H,1-4H3;2*1H3;2*1H;;/q3*-1;;;;. The summed E-state index contributed by atoms with van der Waals surface area (Å²) in [5.41, 5.74) is 3.68. The Morgan fingerprint density at radius 1 is 0.800 bits per heavy atom. The second-order valence-corrected chi connectivity index (χ2v) is 13.1. The molecule has 2 radical (unpaired) electrons. The van der Waals surface area contributed by atoms with Crippen molar-refractivity contribution in [3.05, 3.63) is 110 Å². The normalized spacial score (nSPS) is 13.7. The van der Waals surface area contributed by atoms with Crippen LogP contribution in [0.3, 0.4) is 0 Å². The number of hydrogen-bond acceptors (Lipinski definition) is 2. The van der Waals surface area contributed by atoms with E-state index in [1.807, 2.05) is 0 Å². The first kappa shape index (κ1) is 33.8. The number of fused-ring (bicyclic) bond motifs is 4. The quantitative estimate of drug-likeness (QED) is 0.169. The molecule has 0 N–H and O–H groups in total. The first-order valence-corrected chi connectivity index (χ1v) is 18.0. The zero-order valence-electron chi connectivity index (χ0n) is 21.1. The van der Waals surface area contributed by atoms with Gasteiger partial charge in [0.05, 0.1) is 7.11 Å². The monoisotopic (exact) mass is 617 g/mol. The number of halogens is 2. The Morgan fingerprint density at radius 2 is 1.37 bits per heavy atom. The fourth-order valence-corrected chi connectivity index (χ4v) is 5.44. The van der Waals surface area contributed by atoms with E-state index in [2.05, 4.69) is 99.3 Å². The van der Waals surface area contributed by atoms with Gasteiger partial charge in [0.25, 0.3) is 0 Å². The number of hydrogen-bond donors (Lipinski definition) is 0. The molecule has 0 saturated carbocycles. The average Bonchev–Trinajstić information content (AvgIpc) is 3.29. The molecule has 0 aliphatic heterocycles. The summed E-state index contributed by atoms with van der Waals surface area (Å²) in [7, 11) is -0.0819. The van der Waals surface area contributed by atoms with Gasteiger partial charge in [-0.2, -0.15) is 0 Å². The van der Waals surface area contributed by atoms with Crippen molar-refractivity contribution < 1.29 is 32.5 Å². The minimum atomic E-state index is -1.83. The molecule has 7 heteroatoms. The third-order valence-corrected chi connectivity index (χ3v) is 6.46. The van der Waals surface area contributed by atoms with Crippen LogP contribution in [0.4, 0.5) is 0 Å². The molecule has 0 bridgehead atoms. The summed E-state index contributed by atoms with van der Waals surface area (Å²) < 4.78 is 12.6. The van der Waals surface area contributed by atoms with Crippen LogP contribution in [-0.2, 0) is 32.5 Å². The molecule has 4 aromatic rings. The molecule has 0 amide bonds. The third-order valence-electron chi connectivity index (χ3n) is 5.62. The third kappa shape index (κ3) is 6.37. The molecule has 0 aromatic heterocycles. The van der Waals surface area contributed by atoms with Crippen LogP contribution in [0.15, 0.2) is 78.6 Å². The van der Waals surface area contributed by atoms with Crippen LogP contribution in [0.25, 0.3) is 27.3 Å². The molecular formula is C28H33Cl2O2Si2Zr-3. The number of methoxy groups -OCH3 is 1. The first-order chi connectivity index (χ1) is 15.0. The molecule has 5 rings (SSSR count). The van der Waals surface area contributed by atoms with E-state index in [1.165, 1.54) is 56.0 Å². The van der Waals surface area contributed by atoms with Crippen LogP contribution in [0.2, 0.25) is 19.6 Å². The van der Waals surface area contributed by atoms with E-state index >= 15 is 0 Å². The van der Waals surface area contributed by atoms with Gasteiger partial charge in [0.15, 0.2) is 5.76 Å². The summed E-state index contributed by atoms with van der Waals surface area (Å²) in [6, 6.07) is 26.1. The fourth-order valence-electron chi connectivity index (χ4n) is 4.57. The van der Waals surface area contributed by atoms with E-state index in [4.69, 9.17) is 9.16 Å². The number of allylic oxidation sites excluding steroid dienone is 1. The molecule has 4 aromatic carbocycles. The minimum absolute atomic E-state index is 0. The van der Waals surface area contributed by atoms with Crippen molar-refractivity contribution in [3.63, 3.8) is 0 Å². The van der Waals surface area contributed by atoms with Gasteiger partial charge in [-0.05, 0) is 25.2 Å². The molecule has 1 unspecified atom stereocenters. The topological polar surface area (TPSA) is 18.5 Å². The molecular weight excluding hydrogens is 587 g/mol. The van der Waals surface area contributed by atoms with Gasteiger partial charge in [0.1, 0.15) is 5.76 Å². The summed E-state index contributed by atoms with van der Waals surface area (Å²) in [6.45, 7) is 9.74. The Hall–Kier alpha value is -1.23. The van der Waals surface area contributed by atoms with E-state index in [9.17, 15) is 0 Å². The van der Waals surface area contributed by atoms with Crippen LogP contribution < -0.4 is 0 Å². The van der Waals surface area contributed by atoms with Crippen molar-refractivity contribution in [2.75, 3.05) is 7.11 Å². The molecule has 2 nitrogen and oxygen atoms in total. The van der Waals surface area contributed by atoms with Crippen molar-refractivity contribution in [1.82, 2.24) is 0 Å². The van der Waals surface area contributed by atoms with Crippen LogP contribution in [0.1, 0.15) is 22.6 Å². The second kappa shape index (κ2) is 13.9. The van der Waals surface area contributed by atoms with Crippen molar-refractivity contribution in [2.24, 2.45) is 0 Å². The van der Waals surface area contributed by atoms with Crippen molar-refractivity contribution in [3.8, 4) is 0 Å². The van der Waals surface area contributed by atoms with Gasteiger partial charge >= 0.3 is 30.2 Å². The van der Waals surface area contributed by atoms with Gasteiger partial charge in [-0.3, -0.25) is 0 Å². The fraction of sp³-hybridized carbons (Fsp3) is 0.179. The number of benzene rings is 3. The SMILES string of the molecule is COC1=C(O[Si](C)(C)C)C(c2cccc3c2[cH-]c2ccccc23)c2ccccc21.Cl.Cl.[CH3-].[CH3-].[Si]=[Zr]. The zero-order valence-corrected chi connectivity index (χ0v) is 27.2. The summed E-state index contributed by atoms with van der Waals surface area (Å²) >= 11 is 1.36. The molecule has 0 spiro atoms. The van der Waals surface area contributed by atoms with Crippen LogP contribution >= 0.6 is 24.8 Å². The van der Waals surface area contributed by atoms with Gasteiger partial charge in [-0.15, -0.1) is 58.5 Å². The summed E-state index contributed by atoms with van der Waals surface area (Å²) in [5, 5.41) is 5.18. The van der Waals surface area contributed by atoms with Gasteiger partial charge < -0.3 is 24.0 Å². The first-order valence-electron chi connectivity index (χ1n) is 10.4. The second-order valence-electron chi connectivity index (χ2n) is 8.67. The Morgan fingerprint density at radius 3 is 2.03 bits per heavy atom. The molecule has 0 heterocycles. The van der Waals surface area contributed by atoms with E-state index in [0.29, 0.717) is 0 Å². The number of rotatable bonds is 4. The Balaban J connectivity index is 0.00000188. The van der Waals surface area contributed by atoms with E-state index < -0.39 is 8.32 Å². The molecule has 1 atom stereocenters. The van der Waals surface area contributed by atoms with Crippen molar-refractivity contribution in [2.45, 2.75) is 25.6 Å². The maximum absolute atomic E-state index is 6.67. The van der Waals surface area contributed by atoms with Crippen LogP contribution in [0.5, 0.6) is 0 Å². The van der Waals surface area contributed by atoms with Crippen molar-refractivity contribution in [1.29, 1.82) is 0 Å². The molecule has 0 saturated heterocycles. The van der Waals surface area contributed by atoms with E-state index in [1.54, 1.807) is 7.11 Å². The van der Waals surface area contributed by atoms with Gasteiger partial charge in [0, 0.05) is 11.5 Å². The average molecular weight is 620 g/mol. The number of ether oxygens (including phenoxy) is 1. The van der Waals surface area contributed by atoms with Gasteiger partial charge in [-0.25, -0.2) is 0 Å². The predicted octanol–water partition coefficient (Wildman–Crippen LogP) is 8.38. The van der Waals surface area contributed by atoms with Crippen LogP contribution in [-0.4, -0.2) is 22.3 Å². The van der Waals surface area contributed by atoms with E-state index in [0.717, 1.165) is 17.1 Å². The Labute approximate surface area is 241 Å². The molecule has 186 valence electrons. The van der Waals surface area contributed by atoms with E-state index in [-0.39, 0.29) is 45.6 Å². The zero-order chi connectivity index (χ0) is 22.2. The molecule has 1 aliphatic carbocycles. The van der Waals surface area contributed by atoms with Crippen LogP contribution in [0, 0.1) is 14.9 Å². The van der Waals surface area contributed by atoms with Gasteiger partial charge in [0.2, 0.25) is 8.32 Å². The predicted molar refractivity (Wildman–Crippen MR) is 157 cm³/mol. The summed E-state index contributed by atoms with van der Waals surface area (Å²) in [6.07, 6.45) is 0. The van der Waals surface area contributed by atoms with Crippen molar-refractivity contribution >= 4 is 67.3 Å². The maximum atomic E-state index is 6.67. The van der Waals surface area contributed by atoms with Gasteiger partial charge in [-0.1, -0.05) is 66.2 Å². The summed E-state index contributed by atoms with van der Waals surface area (Å²) in [5.74, 6) is 1.89. The summed E-state index contributed by atoms with van der Waals surface area (Å²) in [4.78, 5) is 0. The molecule has 1 aliphatic rings. The molecule has 0 fully saturated rings. The molecule has 35 heavy (non-hydrogen) atoms. The Bertz CT molecular complexity index is 1300. The Kier molecular flexibility index (Phi) is 13.4.